The lowest BCUT2D eigenvalue weighted by molar-refractivity contribution is 0.593. The van der Waals surface area contributed by atoms with Gasteiger partial charge in [0, 0.05) is 12.4 Å². The molecule has 96 valence electrons. The predicted molar refractivity (Wildman–Crippen MR) is 68.8 cm³/mol. The zero-order valence-corrected chi connectivity index (χ0v) is 11.4. The average molecular weight is 286 g/mol. The molecule has 0 unspecified atom stereocenters. The van der Waals surface area contributed by atoms with Crippen LogP contribution in [-0.2, 0) is 10.0 Å². The smallest absolute Gasteiger partial charge is 0.244 e. The zero-order chi connectivity index (χ0) is 13.3. The van der Waals surface area contributed by atoms with Crippen molar-refractivity contribution < 1.29 is 12.8 Å². The molecule has 0 N–H and O–H groups in total. The quantitative estimate of drug-likeness (QED) is 0.870. The van der Waals surface area contributed by atoms with Gasteiger partial charge < -0.3 is 0 Å². The van der Waals surface area contributed by atoms with Gasteiger partial charge in [-0.2, -0.15) is 0 Å². The number of aryl methyl sites for hydroxylation is 1. The van der Waals surface area contributed by atoms with Crippen molar-refractivity contribution in [2.24, 2.45) is 0 Å². The van der Waals surface area contributed by atoms with Gasteiger partial charge in [-0.05, 0) is 31.2 Å². The maximum Gasteiger partial charge on any atom is 0.265 e. The van der Waals surface area contributed by atoms with Crippen LogP contribution in [0.1, 0.15) is 5.69 Å². The van der Waals surface area contributed by atoms with Crippen molar-refractivity contribution >= 4 is 26.5 Å². The van der Waals surface area contributed by atoms with Crippen LogP contribution in [0.4, 0.5) is 9.52 Å². The van der Waals surface area contributed by atoms with Gasteiger partial charge >= 0.3 is 0 Å². The van der Waals surface area contributed by atoms with E-state index < -0.39 is 15.8 Å². The first-order valence-electron chi connectivity index (χ1n) is 5.08. The Morgan fingerprint density at radius 1 is 1.28 bits per heavy atom. The van der Waals surface area contributed by atoms with Crippen LogP contribution < -0.4 is 4.31 Å². The molecule has 0 aliphatic carbocycles. The van der Waals surface area contributed by atoms with Crippen LogP contribution >= 0.6 is 11.3 Å². The van der Waals surface area contributed by atoms with Crippen LogP contribution in [-0.4, -0.2) is 20.4 Å². The molecule has 0 fully saturated rings. The number of nitrogens with zero attached hydrogens (tertiary/aromatic N) is 2. The standard InChI is InChI=1S/C11H11FN2O2S2/c1-8-7-17-11(13-8)14(2)18(15,16)10-5-3-9(12)4-6-10/h3-7H,1-2H3. The highest BCUT2D eigenvalue weighted by molar-refractivity contribution is 7.93. The Hall–Kier alpha value is -1.47. The van der Waals surface area contributed by atoms with Gasteiger partial charge in [0.15, 0.2) is 5.13 Å². The van der Waals surface area contributed by atoms with E-state index in [0.29, 0.717) is 5.13 Å². The fraction of sp³-hybridized carbons (Fsp3) is 0.182. The first-order chi connectivity index (χ1) is 8.41. The lowest BCUT2D eigenvalue weighted by atomic mass is 10.4. The molecule has 18 heavy (non-hydrogen) atoms. The van der Waals surface area contributed by atoms with E-state index in [1.807, 2.05) is 0 Å². The van der Waals surface area contributed by atoms with Gasteiger partial charge in [-0.15, -0.1) is 11.3 Å². The van der Waals surface area contributed by atoms with E-state index in [1.165, 1.54) is 30.5 Å². The fourth-order valence-electron chi connectivity index (χ4n) is 1.35. The van der Waals surface area contributed by atoms with Crippen molar-refractivity contribution in [1.29, 1.82) is 0 Å². The number of anilines is 1. The van der Waals surface area contributed by atoms with Crippen molar-refractivity contribution in [2.45, 2.75) is 11.8 Å². The SMILES string of the molecule is Cc1csc(N(C)S(=O)(=O)c2ccc(F)cc2)n1. The maximum atomic E-state index is 12.8. The molecule has 7 heteroatoms. The van der Waals surface area contributed by atoms with Gasteiger partial charge in [0.2, 0.25) is 0 Å². The first-order valence-corrected chi connectivity index (χ1v) is 7.40. The molecule has 1 aromatic heterocycles. The van der Waals surface area contributed by atoms with Crippen LogP contribution in [0.2, 0.25) is 0 Å². The third kappa shape index (κ3) is 2.37. The third-order valence-electron chi connectivity index (χ3n) is 2.35. The van der Waals surface area contributed by atoms with Gasteiger partial charge in [-0.25, -0.2) is 22.1 Å². The molecule has 0 bridgehead atoms. The van der Waals surface area contributed by atoms with E-state index in [0.717, 1.165) is 22.1 Å². The van der Waals surface area contributed by atoms with E-state index in [4.69, 9.17) is 0 Å². The van der Waals surface area contributed by atoms with Gasteiger partial charge in [0.05, 0.1) is 10.6 Å². The van der Waals surface area contributed by atoms with Gasteiger partial charge in [-0.1, -0.05) is 0 Å². The van der Waals surface area contributed by atoms with Crippen molar-refractivity contribution in [1.82, 2.24) is 4.98 Å². The number of halogens is 1. The summed E-state index contributed by atoms with van der Waals surface area (Å²) in [6, 6.07) is 4.71. The molecule has 0 aliphatic rings. The molecule has 0 amide bonds. The van der Waals surface area contributed by atoms with Crippen LogP contribution in [0, 0.1) is 12.7 Å². The van der Waals surface area contributed by atoms with Crippen molar-refractivity contribution in [3.63, 3.8) is 0 Å². The number of sulfonamides is 1. The van der Waals surface area contributed by atoms with Gasteiger partial charge in [-0.3, -0.25) is 0 Å². The molecule has 1 heterocycles. The van der Waals surface area contributed by atoms with E-state index in [-0.39, 0.29) is 4.90 Å². The molecule has 0 spiro atoms. The summed E-state index contributed by atoms with van der Waals surface area (Å²) >= 11 is 1.24. The summed E-state index contributed by atoms with van der Waals surface area (Å²) in [6.45, 7) is 1.79. The molecular formula is C11H11FN2O2S2. The summed E-state index contributed by atoms with van der Waals surface area (Å²) in [6.07, 6.45) is 0. The maximum absolute atomic E-state index is 12.8. The van der Waals surface area contributed by atoms with E-state index in [2.05, 4.69) is 4.98 Å². The molecule has 0 aliphatic heterocycles. The number of aromatic nitrogens is 1. The topological polar surface area (TPSA) is 50.3 Å². The molecule has 1 aromatic carbocycles. The van der Waals surface area contributed by atoms with Gasteiger partial charge in [0.1, 0.15) is 5.82 Å². The Morgan fingerprint density at radius 3 is 2.39 bits per heavy atom. The summed E-state index contributed by atoms with van der Waals surface area (Å²) in [5.41, 5.74) is 0.760. The number of thiazole rings is 1. The summed E-state index contributed by atoms with van der Waals surface area (Å²) < 4.78 is 38.3. The van der Waals surface area contributed by atoms with E-state index >= 15 is 0 Å². The number of benzene rings is 1. The van der Waals surface area contributed by atoms with Crippen LogP contribution in [0.3, 0.4) is 0 Å². The highest BCUT2D eigenvalue weighted by Crippen LogP contribution is 2.25. The highest BCUT2D eigenvalue weighted by Gasteiger charge is 2.23. The molecule has 0 radical (unpaired) electrons. The molecule has 0 saturated carbocycles. The minimum Gasteiger partial charge on any atom is -0.244 e. The summed E-state index contributed by atoms with van der Waals surface area (Å²) in [4.78, 5) is 4.15. The second kappa shape index (κ2) is 4.66. The first kappa shape index (κ1) is 13.0. The second-order valence-electron chi connectivity index (χ2n) is 3.70. The van der Waals surface area contributed by atoms with E-state index in [9.17, 15) is 12.8 Å². The van der Waals surface area contributed by atoms with Gasteiger partial charge in [0.25, 0.3) is 10.0 Å². The lowest BCUT2D eigenvalue weighted by Gasteiger charge is -2.16. The summed E-state index contributed by atoms with van der Waals surface area (Å²) in [5, 5.41) is 2.16. The average Bonchev–Trinajstić information content (AvgIpc) is 2.75. The zero-order valence-electron chi connectivity index (χ0n) is 9.79. The molecule has 0 saturated heterocycles. The second-order valence-corrected chi connectivity index (χ2v) is 6.50. The van der Waals surface area contributed by atoms with E-state index in [1.54, 1.807) is 12.3 Å². The number of hydrogen-bond donors (Lipinski definition) is 0. The summed E-state index contributed by atoms with van der Waals surface area (Å²) in [7, 11) is -2.25. The molecule has 4 nitrogen and oxygen atoms in total. The van der Waals surface area contributed by atoms with Crippen molar-refractivity contribution in [3.05, 3.63) is 41.2 Å². The Kier molecular flexibility index (Phi) is 3.36. The Labute approximate surface area is 109 Å². The van der Waals surface area contributed by atoms with Crippen LogP contribution in [0.25, 0.3) is 0 Å². The largest absolute Gasteiger partial charge is 0.265 e. The monoisotopic (exact) mass is 286 g/mol. The highest BCUT2D eigenvalue weighted by atomic mass is 32.2. The molecule has 2 aromatic rings. The Balaban J connectivity index is 2.39. The predicted octanol–water partition coefficient (Wildman–Crippen LogP) is 2.42. The van der Waals surface area contributed by atoms with Crippen molar-refractivity contribution in [3.8, 4) is 0 Å². The molecule has 0 atom stereocenters. The lowest BCUT2D eigenvalue weighted by Crippen LogP contribution is -2.26. The third-order valence-corrected chi connectivity index (χ3v) is 5.26. The Bertz CT molecular complexity index is 650. The van der Waals surface area contributed by atoms with Crippen LogP contribution in [0.5, 0.6) is 0 Å². The normalized spacial score (nSPS) is 11.5. The molecule has 2 rings (SSSR count). The van der Waals surface area contributed by atoms with Crippen molar-refractivity contribution in [2.75, 3.05) is 11.4 Å². The molecular weight excluding hydrogens is 275 g/mol. The summed E-state index contributed by atoms with van der Waals surface area (Å²) in [5.74, 6) is -0.471. The number of rotatable bonds is 3. The fourth-order valence-corrected chi connectivity index (χ4v) is 3.49. The number of hydrogen-bond acceptors (Lipinski definition) is 4. The minimum atomic E-state index is -3.68. The minimum absolute atomic E-state index is 0.0410. The van der Waals surface area contributed by atoms with Crippen LogP contribution in [0.15, 0.2) is 34.5 Å². The Morgan fingerprint density at radius 2 is 1.89 bits per heavy atom.